The fourth-order valence-electron chi connectivity index (χ4n) is 3.85. The Bertz CT molecular complexity index is 1350. The van der Waals surface area contributed by atoms with Gasteiger partial charge in [-0.15, -0.1) is 0 Å². The van der Waals surface area contributed by atoms with Crippen LogP contribution in [0.4, 0.5) is 41.1 Å². The number of hydrogen-bond donors (Lipinski definition) is 3. The van der Waals surface area contributed by atoms with Crippen molar-refractivity contribution in [3.63, 3.8) is 0 Å². The second-order valence-corrected chi connectivity index (χ2v) is 8.73. The lowest BCUT2D eigenvalue weighted by Gasteiger charge is -2.35. The van der Waals surface area contributed by atoms with E-state index in [1.54, 1.807) is 45.3 Å². The molecule has 1 aliphatic heterocycles. The molecule has 1 aliphatic rings. The number of fused-ring (bicyclic) bond motifs is 1. The summed E-state index contributed by atoms with van der Waals surface area (Å²) < 4.78 is 39.1. The number of hydrogen-bond acceptors (Lipinski definition) is 6. The Labute approximate surface area is 210 Å². The number of carbonyl (C=O) groups is 2. The van der Waals surface area contributed by atoms with E-state index in [4.69, 9.17) is 0 Å². The molecule has 0 saturated heterocycles. The van der Waals surface area contributed by atoms with Crippen molar-refractivity contribution in [3.05, 3.63) is 70.9 Å². The summed E-state index contributed by atoms with van der Waals surface area (Å²) in [6, 6.07) is 8.43. The monoisotopic (exact) mass is 514 g/mol. The molecule has 2 aromatic carbocycles. The molecule has 0 bridgehead atoms. The minimum atomic E-state index is -4.57. The summed E-state index contributed by atoms with van der Waals surface area (Å²) in [7, 11) is 1.58. The molecule has 12 heteroatoms. The largest absolute Gasteiger partial charge is 0.416 e. The summed E-state index contributed by atoms with van der Waals surface area (Å²) >= 11 is 0. The van der Waals surface area contributed by atoms with Gasteiger partial charge in [-0.25, -0.2) is 9.78 Å². The minimum absolute atomic E-state index is 0.108. The van der Waals surface area contributed by atoms with Crippen LogP contribution in [0.5, 0.6) is 0 Å². The zero-order chi connectivity index (χ0) is 26.9. The highest BCUT2D eigenvalue weighted by Crippen LogP contribution is 2.34. The van der Waals surface area contributed by atoms with E-state index in [9.17, 15) is 27.9 Å². The number of alkyl halides is 3. The summed E-state index contributed by atoms with van der Waals surface area (Å²) in [6.45, 7) is 3.63. The van der Waals surface area contributed by atoms with Crippen molar-refractivity contribution in [2.45, 2.75) is 32.6 Å². The average Bonchev–Trinajstić information content (AvgIpc) is 2.87. The minimum Gasteiger partial charge on any atom is -0.394 e. The second kappa shape index (κ2) is 10.1. The first-order valence-electron chi connectivity index (χ1n) is 11.4. The maximum Gasteiger partial charge on any atom is 0.416 e. The van der Waals surface area contributed by atoms with Crippen LogP contribution in [0.25, 0.3) is 0 Å². The Morgan fingerprint density at radius 3 is 2.68 bits per heavy atom. The molecule has 0 radical (unpaired) electrons. The lowest BCUT2D eigenvalue weighted by atomic mass is 10.1. The average molecular weight is 515 g/mol. The van der Waals surface area contributed by atoms with Crippen LogP contribution in [0.3, 0.4) is 0 Å². The Kier molecular flexibility index (Phi) is 7.03. The van der Waals surface area contributed by atoms with Gasteiger partial charge in [-0.05, 0) is 49.7 Å². The SMILES string of the molecule is Cc1ccc(NC(=O)c2cccc(C(F)(F)F)c2)cc1N1Cc2cnc(N[C@H](C)CO)nc2N(C)C1=O. The van der Waals surface area contributed by atoms with Crippen LogP contribution in [0.1, 0.15) is 34.0 Å². The van der Waals surface area contributed by atoms with Gasteiger partial charge in [-0.2, -0.15) is 18.2 Å². The normalized spacial score (nSPS) is 14.3. The van der Waals surface area contributed by atoms with Gasteiger partial charge in [-0.3, -0.25) is 14.6 Å². The van der Waals surface area contributed by atoms with Crippen LogP contribution < -0.4 is 20.4 Å². The third kappa shape index (κ3) is 5.48. The van der Waals surface area contributed by atoms with Gasteiger partial charge < -0.3 is 15.7 Å². The van der Waals surface area contributed by atoms with E-state index < -0.39 is 17.6 Å². The predicted octanol–water partition coefficient (Wildman–Crippen LogP) is 4.43. The maximum absolute atomic E-state index is 13.3. The molecular formula is C25H25F3N6O3. The van der Waals surface area contributed by atoms with E-state index in [1.165, 1.54) is 21.9 Å². The van der Waals surface area contributed by atoms with Crippen molar-refractivity contribution >= 4 is 35.1 Å². The van der Waals surface area contributed by atoms with Crippen molar-refractivity contribution in [2.24, 2.45) is 0 Å². The second-order valence-electron chi connectivity index (χ2n) is 8.73. The number of urea groups is 1. The lowest BCUT2D eigenvalue weighted by Crippen LogP contribution is -2.46. The molecule has 0 fully saturated rings. The Hall–Kier alpha value is -4.19. The Morgan fingerprint density at radius 2 is 1.97 bits per heavy atom. The molecule has 0 saturated carbocycles. The molecule has 4 rings (SSSR count). The van der Waals surface area contributed by atoms with Crippen molar-refractivity contribution in [3.8, 4) is 0 Å². The smallest absolute Gasteiger partial charge is 0.394 e. The van der Waals surface area contributed by atoms with Gasteiger partial charge in [0.1, 0.15) is 5.82 Å². The number of aliphatic hydroxyl groups is 1. The number of halogens is 3. The number of amides is 3. The van der Waals surface area contributed by atoms with Gasteiger partial charge in [0.25, 0.3) is 5.91 Å². The number of rotatable bonds is 6. The number of aryl methyl sites for hydroxylation is 1. The molecule has 9 nitrogen and oxygen atoms in total. The van der Waals surface area contributed by atoms with Crippen LogP contribution in [0, 0.1) is 6.92 Å². The van der Waals surface area contributed by atoms with E-state index in [2.05, 4.69) is 20.6 Å². The van der Waals surface area contributed by atoms with Crippen molar-refractivity contribution < 1.29 is 27.9 Å². The molecular weight excluding hydrogens is 489 g/mol. The third-order valence-corrected chi connectivity index (χ3v) is 5.86. The van der Waals surface area contributed by atoms with E-state index in [0.717, 1.165) is 17.7 Å². The molecule has 0 spiro atoms. The number of anilines is 4. The van der Waals surface area contributed by atoms with E-state index >= 15 is 0 Å². The number of aliphatic hydroxyl groups excluding tert-OH is 1. The highest BCUT2D eigenvalue weighted by molar-refractivity contribution is 6.07. The lowest BCUT2D eigenvalue weighted by molar-refractivity contribution is -0.137. The maximum atomic E-state index is 13.3. The Morgan fingerprint density at radius 1 is 1.22 bits per heavy atom. The number of carbonyl (C=O) groups excluding carboxylic acids is 2. The van der Waals surface area contributed by atoms with E-state index in [1.807, 2.05) is 0 Å². The molecule has 1 atom stereocenters. The molecule has 3 aromatic rings. The first-order chi connectivity index (χ1) is 17.5. The number of nitrogens with one attached hydrogen (secondary N) is 2. The zero-order valence-electron chi connectivity index (χ0n) is 20.3. The van der Waals surface area contributed by atoms with Crippen LogP contribution >= 0.6 is 0 Å². The van der Waals surface area contributed by atoms with Crippen molar-refractivity contribution in [2.75, 3.05) is 34.1 Å². The fourth-order valence-corrected chi connectivity index (χ4v) is 3.85. The molecule has 0 aliphatic carbocycles. The summed E-state index contributed by atoms with van der Waals surface area (Å²) in [5.74, 6) is -0.00157. The first kappa shape index (κ1) is 25.9. The number of benzene rings is 2. The Balaban J connectivity index is 1.58. The summed E-state index contributed by atoms with van der Waals surface area (Å²) in [6.07, 6.45) is -2.97. The van der Waals surface area contributed by atoms with Gasteiger partial charge in [0.15, 0.2) is 0 Å². The summed E-state index contributed by atoms with van der Waals surface area (Å²) in [4.78, 5) is 37.5. The number of aromatic nitrogens is 2. The van der Waals surface area contributed by atoms with Gasteiger partial charge in [-0.1, -0.05) is 12.1 Å². The van der Waals surface area contributed by atoms with E-state index in [-0.39, 0.29) is 36.7 Å². The molecule has 0 unspecified atom stereocenters. The summed E-state index contributed by atoms with van der Waals surface area (Å²) in [5.41, 5.74) is 1.20. The van der Waals surface area contributed by atoms with Crippen molar-refractivity contribution in [1.82, 2.24) is 9.97 Å². The first-order valence-corrected chi connectivity index (χ1v) is 11.4. The quantitative estimate of drug-likeness (QED) is 0.449. The van der Waals surface area contributed by atoms with Crippen LogP contribution in [-0.2, 0) is 12.7 Å². The van der Waals surface area contributed by atoms with Crippen molar-refractivity contribution in [1.29, 1.82) is 0 Å². The topological polar surface area (TPSA) is 111 Å². The number of nitrogens with zero attached hydrogens (tertiary/aromatic N) is 4. The summed E-state index contributed by atoms with van der Waals surface area (Å²) in [5, 5.41) is 14.8. The molecule has 194 valence electrons. The van der Waals surface area contributed by atoms with Crippen LogP contribution in [0.15, 0.2) is 48.7 Å². The predicted molar refractivity (Wildman–Crippen MR) is 133 cm³/mol. The van der Waals surface area contributed by atoms with Gasteiger partial charge >= 0.3 is 12.2 Å². The van der Waals surface area contributed by atoms with Gasteiger partial charge in [0.05, 0.1) is 24.4 Å². The molecule has 3 N–H and O–H groups in total. The highest BCUT2D eigenvalue weighted by Gasteiger charge is 2.32. The fraction of sp³-hybridized carbons (Fsp3) is 0.280. The van der Waals surface area contributed by atoms with Gasteiger partial charge in [0.2, 0.25) is 5.95 Å². The third-order valence-electron chi connectivity index (χ3n) is 5.86. The highest BCUT2D eigenvalue weighted by atomic mass is 19.4. The molecule has 2 heterocycles. The van der Waals surface area contributed by atoms with Crippen LogP contribution in [0.2, 0.25) is 0 Å². The standard InChI is InChI=1S/C25H25F3N6O3/c1-14-7-8-19(31-22(36)16-5-4-6-18(9-16)25(26,27)28)10-20(14)34-12-17-11-29-23(30-15(2)13-35)32-21(17)33(3)24(34)37/h4-11,15,35H,12-13H2,1-3H3,(H,31,36)(H,29,30,32)/t15-/m1/s1. The molecule has 3 amide bonds. The molecule has 1 aromatic heterocycles. The molecule has 37 heavy (non-hydrogen) atoms. The van der Waals surface area contributed by atoms with Crippen LogP contribution in [-0.4, -0.2) is 46.7 Å². The van der Waals surface area contributed by atoms with Gasteiger partial charge in [0, 0.05) is 36.1 Å². The zero-order valence-corrected chi connectivity index (χ0v) is 20.3. The van der Waals surface area contributed by atoms with E-state index in [0.29, 0.717) is 22.8 Å².